The van der Waals surface area contributed by atoms with E-state index in [0.717, 1.165) is 29.5 Å². The Labute approximate surface area is 176 Å². The number of rotatable bonds is 7. The van der Waals surface area contributed by atoms with Crippen molar-refractivity contribution < 1.29 is 4.79 Å². The highest BCUT2D eigenvalue weighted by atomic mass is 35.5. The van der Waals surface area contributed by atoms with Crippen LogP contribution in [0.1, 0.15) is 18.2 Å². The van der Waals surface area contributed by atoms with Crippen molar-refractivity contribution in [3.8, 4) is 11.4 Å². The predicted octanol–water partition coefficient (Wildman–Crippen LogP) is 5.76. The monoisotopic (exact) mass is 440 g/mol. The van der Waals surface area contributed by atoms with Crippen molar-refractivity contribution in [2.24, 2.45) is 0 Å². The van der Waals surface area contributed by atoms with Crippen LogP contribution in [0.4, 0.5) is 5.69 Å². The fraction of sp³-hybridized carbons (Fsp3) is 0.278. The smallest absolute Gasteiger partial charge is 0.234 e. The lowest BCUT2D eigenvalue weighted by Crippen LogP contribution is -2.15. The van der Waals surface area contributed by atoms with Gasteiger partial charge in [0.15, 0.2) is 11.0 Å². The van der Waals surface area contributed by atoms with Gasteiger partial charge >= 0.3 is 0 Å². The number of hydrogen-bond donors (Lipinski definition) is 1. The van der Waals surface area contributed by atoms with Gasteiger partial charge in [-0.1, -0.05) is 41.9 Å². The minimum absolute atomic E-state index is 0.178. The fourth-order valence-corrected chi connectivity index (χ4v) is 4.29. The molecule has 1 amide bonds. The summed E-state index contributed by atoms with van der Waals surface area (Å²) in [6, 6.07) is 7.06. The van der Waals surface area contributed by atoms with Crippen LogP contribution >= 0.6 is 46.3 Å². The summed E-state index contributed by atoms with van der Waals surface area (Å²) < 4.78 is 2.06. The van der Waals surface area contributed by atoms with Gasteiger partial charge in [0.25, 0.3) is 0 Å². The molecule has 0 fully saturated rings. The molecule has 0 aliphatic rings. The lowest BCUT2D eigenvalue weighted by Gasteiger charge is -2.09. The van der Waals surface area contributed by atoms with Crippen LogP contribution in [0.5, 0.6) is 0 Å². The molecule has 0 aliphatic heterocycles. The van der Waals surface area contributed by atoms with Crippen LogP contribution in [-0.2, 0) is 11.3 Å². The number of aryl methyl sites for hydroxylation is 1. The van der Waals surface area contributed by atoms with Gasteiger partial charge in [0.05, 0.1) is 16.5 Å². The van der Waals surface area contributed by atoms with E-state index in [9.17, 15) is 4.79 Å². The molecule has 9 heteroatoms. The minimum atomic E-state index is -0.178. The molecule has 0 spiro atoms. The molecule has 0 radical (unpaired) electrons. The first-order valence-corrected chi connectivity index (χ1v) is 11.0. The lowest BCUT2D eigenvalue weighted by molar-refractivity contribution is -0.113. The Morgan fingerprint density at radius 1 is 1.30 bits per heavy atom. The fourth-order valence-electron chi connectivity index (χ4n) is 2.50. The zero-order valence-electron chi connectivity index (χ0n) is 14.8. The topological polar surface area (TPSA) is 59.8 Å². The van der Waals surface area contributed by atoms with Crippen molar-refractivity contribution in [2.45, 2.75) is 32.0 Å². The normalized spacial score (nSPS) is 11.0. The molecule has 1 aromatic carbocycles. The van der Waals surface area contributed by atoms with Crippen LogP contribution in [0.3, 0.4) is 0 Å². The quantitative estimate of drug-likeness (QED) is 0.474. The molecule has 0 bridgehead atoms. The Bertz CT molecular complexity index is 955. The second kappa shape index (κ2) is 9.10. The van der Waals surface area contributed by atoms with Crippen molar-refractivity contribution in [3.05, 3.63) is 44.6 Å². The second-order valence-electron chi connectivity index (χ2n) is 5.86. The van der Waals surface area contributed by atoms with E-state index in [-0.39, 0.29) is 11.7 Å². The molecule has 142 valence electrons. The summed E-state index contributed by atoms with van der Waals surface area (Å²) in [6.45, 7) is 4.96. The standard InChI is InChI=1S/C18H18Cl2N4OS2/c1-3-6-24-17(12-7-11(2)26-9-12)22-23-18(24)27-10-16(25)21-15-8-13(19)4-5-14(15)20/h4-5,7-9H,3,6,10H2,1-2H3,(H,21,25). The highest BCUT2D eigenvalue weighted by Gasteiger charge is 2.16. The Morgan fingerprint density at radius 2 is 2.11 bits per heavy atom. The summed E-state index contributed by atoms with van der Waals surface area (Å²) in [6.07, 6.45) is 0.950. The molecule has 5 nitrogen and oxygen atoms in total. The van der Waals surface area contributed by atoms with E-state index in [1.165, 1.54) is 16.6 Å². The maximum atomic E-state index is 12.3. The summed E-state index contributed by atoms with van der Waals surface area (Å²) in [7, 11) is 0. The number of anilines is 1. The maximum absolute atomic E-state index is 12.3. The number of aromatic nitrogens is 3. The van der Waals surface area contributed by atoms with Crippen molar-refractivity contribution in [1.82, 2.24) is 14.8 Å². The zero-order valence-corrected chi connectivity index (χ0v) is 18.0. The molecule has 3 aromatic rings. The second-order valence-corrected chi connectivity index (χ2v) is 8.77. The average molecular weight is 441 g/mol. The van der Waals surface area contributed by atoms with Crippen LogP contribution in [0.25, 0.3) is 11.4 Å². The number of halogens is 2. The van der Waals surface area contributed by atoms with Gasteiger partial charge < -0.3 is 9.88 Å². The molecule has 0 aliphatic carbocycles. The largest absolute Gasteiger partial charge is 0.324 e. The number of amides is 1. The number of nitrogens with zero attached hydrogens (tertiary/aromatic N) is 3. The number of thioether (sulfide) groups is 1. The predicted molar refractivity (Wildman–Crippen MR) is 114 cm³/mol. The van der Waals surface area contributed by atoms with E-state index in [1.54, 1.807) is 29.5 Å². The summed E-state index contributed by atoms with van der Waals surface area (Å²) in [5.74, 6) is 0.859. The molecule has 2 heterocycles. The summed E-state index contributed by atoms with van der Waals surface area (Å²) >= 11 is 15.1. The molecule has 27 heavy (non-hydrogen) atoms. The van der Waals surface area contributed by atoms with E-state index in [2.05, 4.69) is 45.4 Å². The van der Waals surface area contributed by atoms with Gasteiger partial charge in [0, 0.05) is 27.4 Å². The molecular formula is C18H18Cl2N4OS2. The minimum Gasteiger partial charge on any atom is -0.324 e. The Kier molecular flexibility index (Phi) is 6.81. The van der Waals surface area contributed by atoms with E-state index in [4.69, 9.17) is 23.2 Å². The number of nitrogens with one attached hydrogen (secondary N) is 1. The Balaban J connectivity index is 1.71. The van der Waals surface area contributed by atoms with Gasteiger partial charge in [-0.2, -0.15) is 0 Å². The van der Waals surface area contributed by atoms with Gasteiger partial charge in [0.1, 0.15) is 0 Å². The van der Waals surface area contributed by atoms with E-state index >= 15 is 0 Å². The molecule has 0 saturated carbocycles. The summed E-state index contributed by atoms with van der Waals surface area (Å²) in [4.78, 5) is 13.5. The lowest BCUT2D eigenvalue weighted by atomic mass is 10.3. The Hall–Kier alpha value is -1.54. The average Bonchev–Trinajstić information content (AvgIpc) is 3.23. The van der Waals surface area contributed by atoms with Gasteiger partial charge in [-0.25, -0.2) is 0 Å². The summed E-state index contributed by atoms with van der Waals surface area (Å²) in [5.41, 5.74) is 1.56. The first-order chi connectivity index (χ1) is 13.0. The van der Waals surface area contributed by atoms with Gasteiger partial charge in [-0.15, -0.1) is 21.5 Å². The number of benzene rings is 1. The van der Waals surface area contributed by atoms with Crippen molar-refractivity contribution in [2.75, 3.05) is 11.1 Å². The van der Waals surface area contributed by atoms with Crippen LogP contribution in [-0.4, -0.2) is 26.4 Å². The van der Waals surface area contributed by atoms with Crippen LogP contribution in [0, 0.1) is 6.92 Å². The third-order valence-corrected chi connectivity index (χ3v) is 6.08. The zero-order chi connectivity index (χ0) is 19.4. The number of thiophene rings is 1. The molecule has 1 N–H and O–H groups in total. The third-order valence-electron chi connectivity index (χ3n) is 3.69. The van der Waals surface area contributed by atoms with E-state index in [1.807, 2.05) is 0 Å². The van der Waals surface area contributed by atoms with Crippen molar-refractivity contribution in [3.63, 3.8) is 0 Å². The van der Waals surface area contributed by atoms with Crippen molar-refractivity contribution >= 4 is 57.9 Å². The molecule has 0 saturated heterocycles. The number of hydrogen-bond acceptors (Lipinski definition) is 5. The SMILES string of the molecule is CCCn1c(SCC(=O)Nc2cc(Cl)ccc2Cl)nnc1-c1csc(C)c1. The van der Waals surface area contributed by atoms with Gasteiger partial charge in [-0.05, 0) is 37.6 Å². The summed E-state index contributed by atoms with van der Waals surface area (Å²) in [5, 5.41) is 15.2. The van der Waals surface area contributed by atoms with E-state index < -0.39 is 0 Å². The number of carbonyl (C=O) groups excluding carboxylic acids is 1. The third kappa shape index (κ3) is 5.04. The highest BCUT2D eigenvalue weighted by Crippen LogP contribution is 2.29. The molecule has 3 rings (SSSR count). The highest BCUT2D eigenvalue weighted by molar-refractivity contribution is 7.99. The van der Waals surface area contributed by atoms with Gasteiger partial charge in [0.2, 0.25) is 5.91 Å². The van der Waals surface area contributed by atoms with Crippen LogP contribution < -0.4 is 5.32 Å². The van der Waals surface area contributed by atoms with Crippen LogP contribution in [0.15, 0.2) is 34.8 Å². The van der Waals surface area contributed by atoms with Crippen molar-refractivity contribution in [1.29, 1.82) is 0 Å². The van der Waals surface area contributed by atoms with Gasteiger partial charge in [-0.3, -0.25) is 4.79 Å². The maximum Gasteiger partial charge on any atom is 0.234 e. The van der Waals surface area contributed by atoms with Crippen LogP contribution in [0.2, 0.25) is 10.0 Å². The Morgan fingerprint density at radius 3 is 2.81 bits per heavy atom. The molecular weight excluding hydrogens is 423 g/mol. The van der Waals surface area contributed by atoms with E-state index in [0.29, 0.717) is 15.7 Å². The molecule has 0 atom stereocenters. The molecule has 0 unspecified atom stereocenters. The first-order valence-electron chi connectivity index (χ1n) is 8.34. The molecule has 2 aromatic heterocycles. The number of carbonyl (C=O) groups is 1. The first kappa shape index (κ1) is 20.2.